The van der Waals surface area contributed by atoms with Crippen molar-refractivity contribution in [2.24, 2.45) is 0 Å². The van der Waals surface area contributed by atoms with Gasteiger partial charge < -0.3 is 20.0 Å². The molecule has 1 amide bonds. The van der Waals surface area contributed by atoms with E-state index in [4.69, 9.17) is 4.42 Å². The van der Waals surface area contributed by atoms with E-state index in [1.165, 1.54) is 12.3 Å². The summed E-state index contributed by atoms with van der Waals surface area (Å²) in [7, 11) is 0. The molecular weight excluding hydrogens is 423 g/mol. The highest BCUT2D eigenvalue weighted by atomic mass is 19.4. The molecule has 1 aliphatic heterocycles. The number of nitrogens with zero attached hydrogens (tertiary/aromatic N) is 3. The van der Waals surface area contributed by atoms with Crippen LogP contribution < -0.4 is 15.5 Å². The molecule has 0 aliphatic carbocycles. The van der Waals surface area contributed by atoms with Gasteiger partial charge in [-0.15, -0.1) is 0 Å². The fraction of sp³-hybridized carbons (Fsp3) is 0.364. The Balaban J connectivity index is 1.55. The number of hydrogen-bond donors (Lipinski definition) is 2. The predicted molar refractivity (Wildman–Crippen MR) is 115 cm³/mol. The number of fused-ring (bicyclic) bond motifs is 1. The van der Waals surface area contributed by atoms with E-state index < -0.39 is 24.2 Å². The van der Waals surface area contributed by atoms with Crippen LogP contribution in [0.25, 0.3) is 0 Å². The standard InChI is InChI=1S/C22H24F3N5O2/c1-3-29(4-2)15-9-7-14(8-10-15)26-21(31)17-13-20-27-16(18-6-5-11-32-18)12-19(22(23,24)25)30(20)28-17/h5-11,13,16,19,27H,3-4,12H2,1-2H3,(H,26,31)/t16-,19+/m1/s1. The van der Waals surface area contributed by atoms with Crippen LogP contribution in [0.5, 0.6) is 0 Å². The Morgan fingerprint density at radius 2 is 1.97 bits per heavy atom. The van der Waals surface area contributed by atoms with E-state index in [0.29, 0.717) is 11.4 Å². The number of alkyl halides is 3. The van der Waals surface area contributed by atoms with Crippen molar-refractivity contribution in [1.82, 2.24) is 9.78 Å². The van der Waals surface area contributed by atoms with Gasteiger partial charge in [0.15, 0.2) is 11.7 Å². The van der Waals surface area contributed by atoms with Crippen LogP contribution in [-0.2, 0) is 0 Å². The molecule has 32 heavy (non-hydrogen) atoms. The van der Waals surface area contributed by atoms with Gasteiger partial charge in [-0.1, -0.05) is 0 Å². The van der Waals surface area contributed by atoms with Crippen molar-refractivity contribution in [3.63, 3.8) is 0 Å². The van der Waals surface area contributed by atoms with Gasteiger partial charge in [0, 0.05) is 37.0 Å². The quantitative estimate of drug-likeness (QED) is 0.541. The van der Waals surface area contributed by atoms with Gasteiger partial charge in [0.2, 0.25) is 0 Å². The van der Waals surface area contributed by atoms with Crippen LogP contribution in [-0.4, -0.2) is 35.0 Å². The number of carbonyl (C=O) groups is 1. The normalized spacial score (nSPS) is 18.0. The van der Waals surface area contributed by atoms with Crippen molar-refractivity contribution in [1.29, 1.82) is 0 Å². The van der Waals surface area contributed by atoms with Crippen LogP contribution in [0.2, 0.25) is 0 Å². The van der Waals surface area contributed by atoms with Crippen LogP contribution in [0.1, 0.15) is 48.6 Å². The summed E-state index contributed by atoms with van der Waals surface area (Å²) >= 11 is 0. The molecule has 3 aromatic rings. The molecule has 2 N–H and O–H groups in total. The Morgan fingerprint density at radius 3 is 2.56 bits per heavy atom. The van der Waals surface area contributed by atoms with Crippen LogP contribution in [0.4, 0.5) is 30.4 Å². The van der Waals surface area contributed by atoms with Crippen molar-refractivity contribution in [3.8, 4) is 0 Å². The number of amides is 1. The molecule has 3 heterocycles. The summed E-state index contributed by atoms with van der Waals surface area (Å²) in [5.74, 6) is -0.0761. The zero-order chi connectivity index (χ0) is 22.9. The minimum atomic E-state index is -4.53. The highest BCUT2D eigenvalue weighted by Crippen LogP contribution is 2.43. The molecule has 170 valence electrons. The third kappa shape index (κ3) is 4.30. The van der Waals surface area contributed by atoms with Gasteiger partial charge in [0.05, 0.1) is 12.3 Å². The molecule has 1 aromatic carbocycles. The molecule has 7 nitrogen and oxygen atoms in total. The minimum Gasteiger partial charge on any atom is -0.467 e. The lowest BCUT2D eigenvalue weighted by molar-refractivity contribution is -0.174. The number of hydrogen-bond acceptors (Lipinski definition) is 5. The molecule has 0 bridgehead atoms. The molecule has 10 heteroatoms. The molecular formula is C22H24F3N5O2. The Bertz CT molecular complexity index is 1060. The van der Waals surface area contributed by atoms with Gasteiger partial charge in [0.1, 0.15) is 11.6 Å². The smallest absolute Gasteiger partial charge is 0.410 e. The van der Waals surface area contributed by atoms with Gasteiger partial charge >= 0.3 is 6.18 Å². The molecule has 1 aliphatic rings. The number of nitrogens with one attached hydrogen (secondary N) is 2. The van der Waals surface area contributed by atoms with Crippen molar-refractivity contribution >= 4 is 23.1 Å². The topological polar surface area (TPSA) is 75.3 Å². The first-order valence-electron chi connectivity index (χ1n) is 10.4. The fourth-order valence-corrected chi connectivity index (χ4v) is 3.90. The second-order valence-corrected chi connectivity index (χ2v) is 7.54. The summed E-state index contributed by atoms with van der Waals surface area (Å²) in [4.78, 5) is 14.9. The average molecular weight is 447 g/mol. The Morgan fingerprint density at radius 1 is 1.25 bits per heavy atom. The van der Waals surface area contributed by atoms with E-state index in [2.05, 4.69) is 34.5 Å². The number of halogens is 3. The second kappa shape index (κ2) is 8.60. The highest BCUT2D eigenvalue weighted by molar-refractivity contribution is 6.03. The number of aromatic nitrogens is 2. The summed E-state index contributed by atoms with van der Waals surface area (Å²) < 4.78 is 47.3. The molecule has 0 fully saturated rings. The minimum absolute atomic E-state index is 0.102. The molecule has 0 saturated heterocycles. The molecule has 0 saturated carbocycles. The number of furan rings is 1. The zero-order valence-corrected chi connectivity index (χ0v) is 17.7. The third-order valence-electron chi connectivity index (χ3n) is 5.56. The maximum Gasteiger partial charge on any atom is 0.410 e. The first-order chi connectivity index (χ1) is 15.3. The molecule has 0 radical (unpaired) electrons. The van der Waals surface area contributed by atoms with E-state index >= 15 is 0 Å². The molecule has 2 atom stereocenters. The second-order valence-electron chi connectivity index (χ2n) is 7.54. The average Bonchev–Trinajstić information content (AvgIpc) is 3.44. The zero-order valence-electron chi connectivity index (χ0n) is 17.7. The van der Waals surface area contributed by atoms with Crippen molar-refractivity contribution in [3.05, 3.63) is 60.2 Å². The first kappa shape index (κ1) is 21.8. The lowest BCUT2D eigenvalue weighted by Crippen LogP contribution is -2.35. The van der Waals surface area contributed by atoms with E-state index in [9.17, 15) is 18.0 Å². The Labute approximate surface area is 183 Å². The maximum absolute atomic E-state index is 13.7. The van der Waals surface area contributed by atoms with Gasteiger partial charge in [-0.3, -0.25) is 4.79 Å². The lowest BCUT2D eigenvalue weighted by atomic mass is 10.0. The summed E-state index contributed by atoms with van der Waals surface area (Å²) in [5, 5.41) is 9.66. The van der Waals surface area contributed by atoms with E-state index in [1.807, 2.05) is 12.1 Å². The molecule has 0 spiro atoms. The van der Waals surface area contributed by atoms with Crippen molar-refractivity contribution in [2.45, 2.75) is 38.5 Å². The Hall–Kier alpha value is -3.43. The summed E-state index contributed by atoms with van der Waals surface area (Å²) in [5.41, 5.74) is 1.45. The van der Waals surface area contributed by atoms with Crippen molar-refractivity contribution in [2.75, 3.05) is 28.6 Å². The predicted octanol–water partition coefficient (Wildman–Crippen LogP) is 5.23. The van der Waals surface area contributed by atoms with Gasteiger partial charge in [-0.25, -0.2) is 4.68 Å². The van der Waals surface area contributed by atoms with Gasteiger partial charge in [-0.2, -0.15) is 18.3 Å². The Kier molecular flexibility index (Phi) is 5.86. The van der Waals surface area contributed by atoms with E-state index in [-0.39, 0.29) is 17.9 Å². The summed E-state index contributed by atoms with van der Waals surface area (Å²) in [6.45, 7) is 5.82. The number of carbonyl (C=O) groups excluding carboxylic acids is 1. The molecule has 2 aromatic heterocycles. The first-order valence-corrected chi connectivity index (χ1v) is 10.4. The van der Waals surface area contributed by atoms with Gasteiger partial charge in [-0.05, 0) is 50.2 Å². The lowest BCUT2D eigenvalue weighted by Gasteiger charge is -2.32. The number of rotatable bonds is 6. The SMILES string of the molecule is CCN(CC)c1ccc(NC(=O)c2cc3n(n2)[C@H](C(F)(F)F)C[C@H](c2ccco2)N3)cc1. The fourth-order valence-electron chi connectivity index (χ4n) is 3.90. The van der Waals surface area contributed by atoms with Crippen molar-refractivity contribution < 1.29 is 22.4 Å². The summed E-state index contributed by atoms with van der Waals surface area (Å²) in [6, 6.07) is 9.30. The molecule has 0 unspecified atom stereocenters. The number of benzene rings is 1. The van der Waals surface area contributed by atoms with E-state index in [0.717, 1.165) is 23.5 Å². The monoisotopic (exact) mass is 447 g/mol. The maximum atomic E-state index is 13.7. The molecule has 4 rings (SSSR count). The van der Waals surface area contributed by atoms with Crippen LogP contribution in [0, 0.1) is 0 Å². The summed E-state index contributed by atoms with van der Waals surface area (Å²) in [6.07, 6.45) is -3.41. The van der Waals surface area contributed by atoms with Gasteiger partial charge in [0.25, 0.3) is 5.91 Å². The number of anilines is 3. The van der Waals surface area contributed by atoms with E-state index in [1.54, 1.807) is 24.3 Å². The largest absolute Gasteiger partial charge is 0.467 e. The third-order valence-corrected chi connectivity index (χ3v) is 5.56. The van der Waals surface area contributed by atoms with Crippen LogP contribution in [0.3, 0.4) is 0 Å². The highest BCUT2D eigenvalue weighted by Gasteiger charge is 2.47. The van der Waals surface area contributed by atoms with Crippen LogP contribution in [0.15, 0.2) is 53.1 Å². The van der Waals surface area contributed by atoms with Crippen LogP contribution >= 0.6 is 0 Å².